The van der Waals surface area contributed by atoms with Crippen molar-refractivity contribution >= 4 is 5.69 Å². The normalized spacial score (nSPS) is 19.9. The monoisotopic (exact) mass is 275 g/mol. The summed E-state index contributed by atoms with van der Waals surface area (Å²) in [4.78, 5) is 2.47. The number of benzene rings is 1. The largest absolute Gasteiger partial charge is 0.388 e. The highest BCUT2D eigenvalue weighted by atomic mass is 16.3. The minimum absolute atomic E-state index is 0.338. The van der Waals surface area contributed by atoms with Crippen molar-refractivity contribution in [3.63, 3.8) is 0 Å². The molecule has 1 N–H and O–H groups in total. The molecule has 1 aromatic carbocycles. The predicted molar refractivity (Wildman–Crippen MR) is 86.2 cm³/mol. The second-order valence-corrected chi connectivity index (χ2v) is 6.18. The maximum atomic E-state index is 10.2. The van der Waals surface area contributed by atoms with Crippen molar-refractivity contribution in [1.82, 2.24) is 0 Å². The van der Waals surface area contributed by atoms with E-state index in [1.54, 1.807) is 0 Å². The smallest absolute Gasteiger partial charge is 0.0807 e. The SMILES string of the molecule is CCC(O)c1ccccc1N1CCC(CC)(CC)CC1. The summed E-state index contributed by atoms with van der Waals surface area (Å²) in [5.41, 5.74) is 2.88. The van der Waals surface area contributed by atoms with Gasteiger partial charge < -0.3 is 10.0 Å². The van der Waals surface area contributed by atoms with Crippen molar-refractivity contribution in [2.75, 3.05) is 18.0 Å². The van der Waals surface area contributed by atoms with Gasteiger partial charge in [-0.15, -0.1) is 0 Å². The first-order valence-electron chi connectivity index (χ1n) is 8.17. The lowest BCUT2D eigenvalue weighted by atomic mass is 9.74. The Kier molecular flexibility index (Phi) is 5.09. The van der Waals surface area contributed by atoms with E-state index < -0.39 is 0 Å². The molecule has 0 aliphatic carbocycles. The Balaban J connectivity index is 2.15. The Labute approximate surface area is 123 Å². The van der Waals surface area contributed by atoms with Crippen LogP contribution in [0.5, 0.6) is 0 Å². The van der Waals surface area contributed by atoms with E-state index in [4.69, 9.17) is 0 Å². The van der Waals surface area contributed by atoms with Crippen molar-refractivity contribution in [2.24, 2.45) is 5.41 Å². The summed E-state index contributed by atoms with van der Waals surface area (Å²) in [6.07, 6.45) is 5.56. The summed E-state index contributed by atoms with van der Waals surface area (Å²) in [6, 6.07) is 8.36. The van der Waals surface area contributed by atoms with Crippen LogP contribution in [0.25, 0.3) is 0 Å². The number of para-hydroxylation sites is 1. The first-order valence-corrected chi connectivity index (χ1v) is 8.17. The average molecular weight is 275 g/mol. The molecular weight excluding hydrogens is 246 g/mol. The van der Waals surface area contributed by atoms with Gasteiger partial charge in [-0.2, -0.15) is 0 Å². The second-order valence-electron chi connectivity index (χ2n) is 6.18. The minimum Gasteiger partial charge on any atom is -0.388 e. The number of hydrogen-bond donors (Lipinski definition) is 1. The molecule has 1 atom stereocenters. The van der Waals surface area contributed by atoms with Crippen LogP contribution in [0.2, 0.25) is 0 Å². The van der Waals surface area contributed by atoms with Crippen molar-refractivity contribution in [3.8, 4) is 0 Å². The summed E-state index contributed by atoms with van der Waals surface area (Å²) in [5, 5.41) is 10.2. The average Bonchev–Trinajstić information content (AvgIpc) is 2.54. The third-order valence-corrected chi connectivity index (χ3v) is 5.35. The minimum atomic E-state index is -0.338. The van der Waals surface area contributed by atoms with Gasteiger partial charge in [0.1, 0.15) is 0 Å². The Hall–Kier alpha value is -1.02. The van der Waals surface area contributed by atoms with Crippen molar-refractivity contribution < 1.29 is 5.11 Å². The van der Waals surface area contributed by atoms with Crippen LogP contribution >= 0.6 is 0 Å². The summed E-state index contributed by atoms with van der Waals surface area (Å²) in [5.74, 6) is 0. The standard InChI is InChI=1S/C18H29NO/c1-4-17(20)15-9-7-8-10-16(15)19-13-11-18(5-2,6-3)12-14-19/h7-10,17,20H,4-6,11-14H2,1-3H3. The second kappa shape index (κ2) is 6.62. The van der Waals surface area contributed by atoms with Crippen LogP contribution in [0.4, 0.5) is 5.69 Å². The van der Waals surface area contributed by atoms with Gasteiger partial charge in [0.15, 0.2) is 0 Å². The van der Waals surface area contributed by atoms with E-state index in [2.05, 4.69) is 36.9 Å². The van der Waals surface area contributed by atoms with Crippen LogP contribution in [0.15, 0.2) is 24.3 Å². The molecular formula is C18H29NO. The van der Waals surface area contributed by atoms with Gasteiger partial charge in [-0.1, -0.05) is 51.8 Å². The molecule has 1 saturated heterocycles. The first kappa shape index (κ1) is 15.4. The van der Waals surface area contributed by atoms with E-state index in [-0.39, 0.29) is 6.10 Å². The van der Waals surface area contributed by atoms with Gasteiger partial charge in [-0.05, 0) is 30.7 Å². The molecule has 0 aromatic heterocycles. The number of aliphatic hydroxyl groups excluding tert-OH is 1. The van der Waals surface area contributed by atoms with Crippen LogP contribution in [-0.2, 0) is 0 Å². The number of hydrogen-bond acceptors (Lipinski definition) is 2. The molecule has 0 saturated carbocycles. The fourth-order valence-electron chi connectivity index (χ4n) is 3.46. The third kappa shape index (κ3) is 3.01. The van der Waals surface area contributed by atoms with E-state index >= 15 is 0 Å². The number of piperidine rings is 1. The highest BCUT2D eigenvalue weighted by molar-refractivity contribution is 5.55. The van der Waals surface area contributed by atoms with Crippen molar-refractivity contribution in [2.45, 2.75) is 59.0 Å². The molecule has 1 unspecified atom stereocenters. The van der Waals surface area contributed by atoms with Gasteiger partial charge in [0.05, 0.1) is 6.10 Å². The highest BCUT2D eigenvalue weighted by Gasteiger charge is 2.32. The van der Waals surface area contributed by atoms with E-state index in [0.717, 1.165) is 25.1 Å². The van der Waals surface area contributed by atoms with Crippen LogP contribution in [0.3, 0.4) is 0 Å². The molecule has 0 radical (unpaired) electrons. The molecule has 1 aromatic rings. The molecule has 1 aliphatic rings. The Bertz CT molecular complexity index is 415. The molecule has 0 spiro atoms. The lowest BCUT2D eigenvalue weighted by molar-refractivity contribution is 0.172. The fourth-order valence-corrected chi connectivity index (χ4v) is 3.46. The molecule has 20 heavy (non-hydrogen) atoms. The number of rotatable bonds is 5. The van der Waals surface area contributed by atoms with Crippen molar-refractivity contribution in [1.29, 1.82) is 0 Å². The van der Waals surface area contributed by atoms with Crippen LogP contribution < -0.4 is 4.90 Å². The third-order valence-electron chi connectivity index (χ3n) is 5.35. The van der Waals surface area contributed by atoms with Crippen LogP contribution in [-0.4, -0.2) is 18.2 Å². The quantitative estimate of drug-likeness (QED) is 0.853. The Morgan fingerprint density at radius 1 is 1.10 bits per heavy atom. The molecule has 2 heteroatoms. The molecule has 0 bridgehead atoms. The van der Waals surface area contributed by atoms with Crippen LogP contribution in [0, 0.1) is 5.41 Å². The molecule has 1 aliphatic heterocycles. The van der Waals surface area contributed by atoms with Gasteiger partial charge in [0.2, 0.25) is 0 Å². The van der Waals surface area contributed by atoms with E-state index in [1.165, 1.54) is 31.4 Å². The molecule has 0 amide bonds. The first-order chi connectivity index (χ1) is 9.65. The molecule has 2 rings (SSSR count). The van der Waals surface area contributed by atoms with Gasteiger partial charge in [0.25, 0.3) is 0 Å². The predicted octanol–water partition coefficient (Wildman–Crippen LogP) is 4.54. The van der Waals surface area contributed by atoms with Gasteiger partial charge in [-0.3, -0.25) is 0 Å². The van der Waals surface area contributed by atoms with Crippen LogP contribution in [0.1, 0.15) is 64.5 Å². The Morgan fingerprint density at radius 2 is 1.70 bits per heavy atom. The summed E-state index contributed by atoms with van der Waals surface area (Å²) < 4.78 is 0. The van der Waals surface area contributed by atoms with E-state index in [0.29, 0.717) is 5.41 Å². The zero-order chi connectivity index (χ0) is 14.6. The van der Waals surface area contributed by atoms with E-state index in [9.17, 15) is 5.11 Å². The molecule has 112 valence electrons. The number of aliphatic hydroxyl groups is 1. The lowest BCUT2D eigenvalue weighted by Crippen LogP contribution is -2.40. The fraction of sp³-hybridized carbons (Fsp3) is 0.667. The Morgan fingerprint density at radius 3 is 2.25 bits per heavy atom. The zero-order valence-electron chi connectivity index (χ0n) is 13.2. The topological polar surface area (TPSA) is 23.5 Å². The van der Waals surface area contributed by atoms with Gasteiger partial charge >= 0.3 is 0 Å². The highest BCUT2D eigenvalue weighted by Crippen LogP contribution is 2.40. The summed E-state index contributed by atoms with van der Waals surface area (Å²) in [6.45, 7) is 8.93. The summed E-state index contributed by atoms with van der Waals surface area (Å²) in [7, 11) is 0. The van der Waals surface area contributed by atoms with Gasteiger partial charge in [-0.25, -0.2) is 0 Å². The summed E-state index contributed by atoms with van der Waals surface area (Å²) >= 11 is 0. The maximum Gasteiger partial charge on any atom is 0.0807 e. The number of anilines is 1. The number of nitrogens with zero attached hydrogens (tertiary/aromatic N) is 1. The zero-order valence-corrected chi connectivity index (χ0v) is 13.2. The molecule has 2 nitrogen and oxygen atoms in total. The van der Waals surface area contributed by atoms with Crippen molar-refractivity contribution in [3.05, 3.63) is 29.8 Å². The van der Waals surface area contributed by atoms with Gasteiger partial charge in [0, 0.05) is 24.3 Å². The van der Waals surface area contributed by atoms with E-state index in [1.807, 2.05) is 13.0 Å². The molecule has 1 fully saturated rings. The maximum absolute atomic E-state index is 10.2. The lowest BCUT2D eigenvalue weighted by Gasteiger charge is -2.42. The molecule has 1 heterocycles.